The summed E-state index contributed by atoms with van der Waals surface area (Å²) in [6, 6.07) is 19.7. The van der Waals surface area contributed by atoms with Gasteiger partial charge in [-0.05, 0) is 12.1 Å². The summed E-state index contributed by atoms with van der Waals surface area (Å²) < 4.78 is 12.4. The van der Waals surface area contributed by atoms with Gasteiger partial charge < -0.3 is 0 Å². The fraction of sp³-hybridized carbons (Fsp3) is 0.0952. The van der Waals surface area contributed by atoms with Crippen LogP contribution in [0.3, 0.4) is 0 Å². The molecule has 1 aromatic carbocycles. The number of aromatic nitrogens is 3. The Morgan fingerprint density at radius 3 is 2.67 bits per heavy atom. The van der Waals surface area contributed by atoms with Crippen molar-refractivity contribution >= 4 is 21.3 Å². The molecule has 4 aromatic rings. The minimum atomic E-state index is 0.445. The van der Waals surface area contributed by atoms with E-state index in [1.54, 1.807) is 12.4 Å². The van der Waals surface area contributed by atoms with Gasteiger partial charge in [-0.25, -0.2) is 0 Å². The summed E-state index contributed by atoms with van der Waals surface area (Å²) in [5.74, 6) is 1.56. The van der Waals surface area contributed by atoms with Crippen molar-refractivity contribution in [1.29, 1.82) is 0 Å². The van der Waals surface area contributed by atoms with Crippen LogP contribution in [0.4, 0.5) is 0 Å². The molecule has 0 N–H and O–H groups in total. The van der Waals surface area contributed by atoms with Crippen LogP contribution < -0.4 is 9.22 Å². The molecule has 1 atom stereocenters. The van der Waals surface area contributed by atoms with Crippen molar-refractivity contribution in [3.05, 3.63) is 90.0 Å². The summed E-state index contributed by atoms with van der Waals surface area (Å²) in [5, 5.41) is 4.21. The molecule has 3 heterocycles. The summed E-state index contributed by atoms with van der Waals surface area (Å²) >= 11 is 1.47. The minimum absolute atomic E-state index is 0.445. The molecule has 0 aliphatic rings. The van der Waals surface area contributed by atoms with E-state index in [4.69, 9.17) is 9.26 Å². The van der Waals surface area contributed by atoms with E-state index in [0.717, 1.165) is 38.5 Å². The summed E-state index contributed by atoms with van der Waals surface area (Å²) in [6.45, 7) is 0.445. The maximum absolute atomic E-state index is 5.85. The zero-order valence-electron chi connectivity index (χ0n) is 14.6. The van der Waals surface area contributed by atoms with Gasteiger partial charge in [0.1, 0.15) is 0 Å². The second-order valence-electron chi connectivity index (χ2n) is 6.05. The van der Waals surface area contributed by atoms with Crippen LogP contribution in [0, 0.1) is 0 Å². The zero-order valence-corrected chi connectivity index (χ0v) is 17.0. The van der Waals surface area contributed by atoms with Crippen LogP contribution in [0.5, 0.6) is 5.75 Å². The second kappa shape index (κ2) is 8.19. The third kappa shape index (κ3) is 4.44. The first-order valence-corrected chi connectivity index (χ1v) is 9.77. The molecule has 0 fully saturated rings. The van der Waals surface area contributed by atoms with Crippen molar-refractivity contribution in [1.82, 2.24) is 15.1 Å². The van der Waals surface area contributed by atoms with E-state index in [2.05, 4.69) is 21.2 Å². The predicted octanol–water partition coefficient (Wildman–Crippen LogP) is 2.56. The number of hydrogen-bond donors (Lipinski definition) is 0. The molecule has 3 aromatic heterocycles. The normalized spacial score (nSPS) is 10.7. The molecule has 0 aliphatic carbocycles. The Labute approximate surface area is 165 Å². The molecule has 0 saturated heterocycles. The van der Waals surface area contributed by atoms with Gasteiger partial charge in [0, 0.05) is 6.20 Å². The van der Waals surface area contributed by atoms with E-state index < -0.39 is 0 Å². The van der Waals surface area contributed by atoms with E-state index in [1.165, 1.54) is 16.9 Å². The van der Waals surface area contributed by atoms with Gasteiger partial charge in [0.05, 0.1) is 0 Å². The van der Waals surface area contributed by atoms with E-state index in [0.29, 0.717) is 13.0 Å². The second-order valence-corrected chi connectivity index (χ2v) is 7.20. The Kier molecular flexibility index (Phi) is 5.31. The van der Waals surface area contributed by atoms with Crippen molar-refractivity contribution in [3.8, 4) is 17.1 Å². The fourth-order valence-corrected chi connectivity index (χ4v) is 3.42. The van der Waals surface area contributed by atoms with Crippen LogP contribution in [0.2, 0.25) is 0 Å². The van der Waals surface area contributed by atoms with Gasteiger partial charge >= 0.3 is 136 Å². The Hall–Kier alpha value is -2.91. The number of nitrogens with zero attached hydrogens (tertiary/aromatic N) is 3. The first kappa shape index (κ1) is 17.5. The van der Waals surface area contributed by atoms with Crippen molar-refractivity contribution in [2.24, 2.45) is 0 Å². The van der Waals surface area contributed by atoms with Crippen LogP contribution in [0.15, 0.2) is 77.6 Å². The van der Waals surface area contributed by atoms with Gasteiger partial charge in [0.15, 0.2) is 0 Å². The third-order valence-electron chi connectivity index (χ3n) is 4.06. The molecule has 4 rings (SSSR count). The topological polar surface area (TPSA) is 61.0 Å². The Morgan fingerprint density at radius 1 is 0.889 bits per heavy atom. The van der Waals surface area contributed by atoms with E-state index in [-0.39, 0.29) is 0 Å². The van der Waals surface area contributed by atoms with E-state index in [1.807, 2.05) is 54.6 Å². The Bertz CT molecular complexity index is 1030. The molecular weight excluding hydrogens is 401 g/mol. The van der Waals surface area contributed by atoms with Gasteiger partial charge in [0.25, 0.3) is 0 Å². The molecular formula is C21H18AsN3O2. The molecule has 0 amide bonds. The van der Waals surface area contributed by atoms with Crippen molar-refractivity contribution in [2.45, 2.75) is 13.0 Å². The Morgan fingerprint density at radius 2 is 1.81 bits per heavy atom. The summed E-state index contributed by atoms with van der Waals surface area (Å²) in [5.41, 5.74) is 3.88. The quantitative estimate of drug-likeness (QED) is 0.450. The van der Waals surface area contributed by atoms with Crippen molar-refractivity contribution in [3.63, 3.8) is 0 Å². The number of ether oxygens (including phenoxy) is 1. The standard InChI is InChI=1S/C21H18AsN3O2/c22-21-19(8-4-10-24-21)20-13-17(25-27-20)11-15-5-3-7-18(12-15)26-14-16-6-1-2-9-23-16/h1-10,12-13H,11,14,22H2. The molecule has 27 heavy (non-hydrogen) atoms. The third-order valence-corrected chi connectivity index (χ3v) is 5.02. The number of rotatable bonds is 6. The number of hydrogen-bond acceptors (Lipinski definition) is 5. The van der Waals surface area contributed by atoms with Crippen molar-refractivity contribution in [2.75, 3.05) is 0 Å². The molecule has 6 heteroatoms. The van der Waals surface area contributed by atoms with Gasteiger partial charge in [-0.15, -0.1) is 0 Å². The Balaban J connectivity index is 1.45. The fourth-order valence-electron chi connectivity index (χ4n) is 2.74. The molecule has 0 aliphatic heterocycles. The first-order chi connectivity index (χ1) is 13.3. The van der Waals surface area contributed by atoms with Crippen LogP contribution in [0.25, 0.3) is 11.3 Å². The van der Waals surface area contributed by atoms with Crippen LogP contribution in [-0.4, -0.2) is 32.0 Å². The number of benzene rings is 1. The molecule has 0 spiro atoms. The van der Waals surface area contributed by atoms with Crippen LogP contribution in [-0.2, 0) is 13.0 Å². The van der Waals surface area contributed by atoms with Crippen LogP contribution in [0.1, 0.15) is 17.0 Å². The monoisotopic (exact) mass is 419 g/mol. The molecule has 134 valence electrons. The van der Waals surface area contributed by atoms with Gasteiger partial charge in [-0.1, -0.05) is 6.07 Å². The predicted molar refractivity (Wildman–Crippen MR) is 106 cm³/mol. The van der Waals surface area contributed by atoms with E-state index >= 15 is 0 Å². The van der Waals surface area contributed by atoms with E-state index in [9.17, 15) is 0 Å². The van der Waals surface area contributed by atoms with Crippen LogP contribution >= 0.6 is 0 Å². The van der Waals surface area contributed by atoms with Crippen molar-refractivity contribution < 1.29 is 9.26 Å². The summed E-state index contributed by atoms with van der Waals surface area (Å²) in [6.07, 6.45) is 4.23. The molecule has 1 unspecified atom stereocenters. The van der Waals surface area contributed by atoms with Gasteiger partial charge in [-0.3, -0.25) is 4.98 Å². The van der Waals surface area contributed by atoms with Gasteiger partial charge in [0.2, 0.25) is 0 Å². The molecule has 0 saturated carbocycles. The molecule has 0 bridgehead atoms. The summed E-state index contributed by atoms with van der Waals surface area (Å²) in [4.78, 5) is 8.60. The molecule has 5 nitrogen and oxygen atoms in total. The average molecular weight is 419 g/mol. The first-order valence-electron chi connectivity index (χ1n) is 8.56. The maximum atomic E-state index is 5.85. The average Bonchev–Trinajstić information content (AvgIpc) is 3.16. The SMILES string of the molecule is [AsH2]c1ncccc1-c1cc(Cc2cccc(OCc3ccccn3)c2)no1. The van der Waals surface area contributed by atoms with Gasteiger partial charge in [-0.2, -0.15) is 0 Å². The summed E-state index contributed by atoms with van der Waals surface area (Å²) in [7, 11) is 0. The number of pyridine rings is 2. The zero-order chi connectivity index (χ0) is 18.5. The molecule has 0 radical (unpaired) electrons.